The number of hydrogen-bond acceptors (Lipinski definition) is 14. The standard InChI is InChI=1S/C28H25N9O7S4/c1-28(2,25(42)43)44-34-18(15-9-46-26(29)31-15)21(38)33-19-22(39)37-20(24(40)41)16(10-45-23(19)37)48-27-32-17(11-47-27)36-8-14(30-12-36)13-5-4-6-35(3)7-13/h4-9,11-12,19,23H,10H2,1-3H3,(H4-,29,31,33,38,40,41,42,43)/p+1/b34-18-/t19-,23-/m1/s1. The number of carbonyl (C=O) groups excluding carboxylic acids is 2. The van der Waals surface area contributed by atoms with Crippen molar-refractivity contribution in [2.45, 2.75) is 35.2 Å². The van der Waals surface area contributed by atoms with E-state index >= 15 is 0 Å². The Kier molecular flexibility index (Phi) is 8.98. The van der Waals surface area contributed by atoms with Gasteiger partial charge in [0.1, 0.15) is 42.0 Å². The molecule has 4 aromatic rings. The number of imidazole rings is 1. The lowest BCUT2D eigenvalue weighted by molar-refractivity contribution is -0.671. The Balaban J connectivity index is 1.18. The summed E-state index contributed by atoms with van der Waals surface area (Å²) in [5, 5.41) is 28.5. The Morgan fingerprint density at radius 1 is 1.23 bits per heavy atom. The van der Waals surface area contributed by atoms with Gasteiger partial charge in [-0.2, -0.15) is 0 Å². The number of nitrogens with two attached hydrogens (primary N) is 1. The third kappa shape index (κ3) is 6.50. The molecule has 248 valence electrons. The van der Waals surface area contributed by atoms with Gasteiger partial charge in [0.05, 0.1) is 11.3 Å². The van der Waals surface area contributed by atoms with Crippen LogP contribution >= 0.6 is 46.2 Å². The Hall–Kier alpha value is -4.79. The van der Waals surface area contributed by atoms with Gasteiger partial charge in [0, 0.05) is 33.7 Å². The monoisotopic (exact) mass is 728 g/mol. The summed E-state index contributed by atoms with van der Waals surface area (Å²) in [6.07, 6.45) is 7.39. The van der Waals surface area contributed by atoms with Crippen molar-refractivity contribution in [3.05, 3.63) is 64.1 Å². The molecule has 0 radical (unpaired) electrons. The minimum Gasteiger partial charge on any atom is -0.478 e. The van der Waals surface area contributed by atoms with Crippen molar-refractivity contribution >= 4 is 80.8 Å². The van der Waals surface area contributed by atoms with Crippen LogP contribution in [0, 0.1) is 0 Å². The van der Waals surface area contributed by atoms with E-state index in [0.29, 0.717) is 15.1 Å². The Bertz CT molecular complexity index is 2020. The number of amides is 2. The third-order valence-electron chi connectivity index (χ3n) is 7.05. The molecule has 20 heteroatoms. The molecule has 48 heavy (non-hydrogen) atoms. The number of aliphatic carboxylic acids is 2. The number of thiazole rings is 2. The summed E-state index contributed by atoms with van der Waals surface area (Å²) in [6, 6.07) is 2.79. The minimum absolute atomic E-state index is 0.0184. The molecule has 2 aliphatic heterocycles. The molecule has 0 aromatic carbocycles. The Morgan fingerprint density at radius 3 is 2.71 bits per heavy atom. The summed E-state index contributed by atoms with van der Waals surface area (Å²) in [4.78, 5) is 70.4. The lowest BCUT2D eigenvalue weighted by Crippen LogP contribution is -2.71. The van der Waals surface area contributed by atoms with Gasteiger partial charge >= 0.3 is 11.9 Å². The van der Waals surface area contributed by atoms with Crippen LogP contribution in [0.25, 0.3) is 17.1 Å². The molecule has 0 saturated carbocycles. The highest BCUT2D eigenvalue weighted by atomic mass is 32.2. The second-order valence-corrected chi connectivity index (χ2v) is 15.0. The first-order valence-corrected chi connectivity index (χ1v) is 17.5. The molecule has 2 amide bonds. The van der Waals surface area contributed by atoms with Gasteiger partial charge in [-0.25, -0.2) is 29.1 Å². The van der Waals surface area contributed by atoms with Crippen LogP contribution in [0.3, 0.4) is 0 Å². The van der Waals surface area contributed by atoms with E-state index < -0.39 is 46.5 Å². The normalized spacial score (nSPS) is 17.9. The molecule has 1 saturated heterocycles. The molecule has 1 fully saturated rings. The molecule has 2 atom stereocenters. The second-order valence-electron chi connectivity index (χ2n) is 10.9. The Labute approximate surface area is 288 Å². The first kappa shape index (κ1) is 33.1. The fraction of sp³-hybridized carbons (Fsp3) is 0.250. The van der Waals surface area contributed by atoms with Crippen LogP contribution < -0.4 is 15.6 Å². The number of carbonyl (C=O) groups is 4. The fourth-order valence-corrected chi connectivity index (χ4v) is 8.51. The van der Waals surface area contributed by atoms with Crippen LogP contribution in [0.5, 0.6) is 0 Å². The lowest BCUT2D eigenvalue weighted by Gasteiger charge is -2.49. The average Bonchev–Trinajstić information content (AvgIpc) is 3.81. The molecule has 6 rings (SSSR count). The van der Waals surface area contributed by atoms with E-state index in [2.05, 4.69) is 25.4 Å². The number of nitrogens with zero attached hydrogens (tertiary/aromatic N) is 7. The molecule has 6 heterocycles. The van der Waals surface area contributed by atoms with Crippen molar-refractivity contribution in [2.24, 2.45) is 12.2 Å². The predicted octanol–water partition coefficient (Wildman–Crippen LogP) is 1.93. The minimum atomic E-state index is -1.77. The molecule has 0 aliphatic carbocycles. The van der Waals surface area contributed by atoms with Crippen molar-refractivity contribution in [2.75, 3.05) is 11.5 Å². The maximum Gasteiger partial charge on any atom is 0.353 e. The number of oxime groups is 1. The van der Waals surface area contributed by atoms with E-state index in [1.54, 1.807) is 10.9 Å². The van der Waals surface area contributed by atoms with E-state index in [4.69, 9.17) is 10.6 Å². The molecule has 5 N–H and O–H groups in total. The molecular weight excluding hydrogens is 703 g/mol. The number of aromatic nitrogens is 5. The van der Waals surface area contributed by atoms with Gasteiger partial charge in [-0.15, -0.1) is 34.4 Å². The molecule has 0 unspecified atom stereocenters. The molecule has 0 bridgehead atoms. The second kappa shape index (κ2) is 13.0. The zero-order valence-corrected chi connectivity index (χ0v) is 28.5. The van der Waals surface area contributed by atoms with E-state index in [9.17, 15) is 29.4 Å². The number of pyridine rings is 1. The van der Waals surface area contributed by atoms with Gasteiger partial charge in [-0.05, 0) is 19.9 Å². The first-order chi connectivity index (χ1) is 22.8. The van der Waals surface area contributed by atoms with E-state index in [0.717, 1.165) is 39.3 Å². The number of fused-ring (bicyclic) bond motifs is 1. The number of carboxylic acid groups (broad SMARTS) is 2. The number of rotatable bonds is 11. The Morgan fingerprint density at radius 2 is 2.02 bits per heavy atom. The maximum atomic E-state index is 13.3. The number of anilines is 1. The van der Waals surface area contributed by atoms with Crippen molar-refractivity contribution < 1.29 is 38.8 Å². The van der Waals surface area contributed by atoms with Gasteiger partial charge in [0.2, 0.25) is 5.60 Å². The van der Waals surface area contributed by atoms with Crippen LogP contribution in [-0.2, 0) is 31.1 Å². The van der Waals surface area contributed by atoms with E-state index in [1.165, 1.54) is 42.3 Å². The predicted molar refractivity (Wildman–Crippen MR) is 177 cm³/mol. The summed E-state index contributed by atoms with van der Waals surface area (Å²) in [5.41, 5.74) is 5.09. The number of thioether (sulfide) groups is 2. The number of nitrogens with one attached hydrogen (secondary N) is 1. The molecular formula is C28H26N9O7S4+. The number of nitrogen functional groups attached to an aromatic ring is 1. The highest BCUT2D eigenvalue weighted by Crippen LogP contribution is 2.45. The summed E-state index contributed by atoms with van der Waals surface area (Å²) >= 11 is 4.79. The fourth-order valence-electron chi connectivity index (χ4n) is 4.54. The maximum absolute atomic E-state index is 13.3. The molecule has 0 spiro atoms. The number of hydrogen-bond donors (Lipinski definition) is 4. The molecule has 4 aromatic heterocycles. The first-order valence-electron chi connectivity index (χ1n) is 13.9. The third-order valence-corrected chi connectivity index (χ3v) is 11.2. The highest BCUT2D eigenvalue weighted by molar-refractivity contribution is 8.07. The van der Waals surface area contributed by atoms with E-state index in [-0.39, 0.29) is 22.3 Å². The van der Waals surface area contributed by atoms with Crippen molar-refractivity contribution in [1.29, 1.82) is 0 Å². The van der Waals surface area contributed by atoms with Crippen LogP contribution in [-0.4, -0.2) is 86.9 Å². The lowest BCUT2D eigenvalue weighted by atomic mass is 10.0. The zero-order valence-electron chi connectivity index (χ0n) is 25.3. The zero-order chi connectivity index (χ0) is 34.3. The topological polar surface area (TPSA) is 219 Å². The van der Waals surface area contributed by atoms with Crippen molar-refractivity contribution in [1.82, 2.24) is 29.7 Å². The summed E-state index contributed by atoms with van der Waals surface area (Å²) in [5.74, 6) is -3.28. The summed E-state index contributed by atoms with van der Waals surface area (Å²) < 4.78 is 4.28. The van der Waals surface area contributed by atoms with Crippen molar-refractivity contribution in [3.8, 4) is 17.1 Å². The molecule has 16 nitrogen and oxygen atoms in total. The van der Waals surface area contributed by atoms with Crippen LogP contribution in [0.4, 0.5) is 5.13 Å². The van der Waals surface area contributed by atoms with Gasteiger partial charge in [0.25, 0.3) is 11.8 Å². The van der Waals surface area contributed by atoms with Gasteiger partial charge in [-0.3, -0.25) is 19.1 Å². The highest BCUT2D eigenvalue weighted by Gasteiger charge is 2.54. The smallest absolute Gasteiger partial charge is 0.353 e. The number of β-lactam (4-membered cyclic amide) rings is 1. The largest absolute Gasteiger partial charge is 0.478 e. The van der Waals surface area contributed by atoms with Gasteiger partial charge < -0.3 is 26.1 Å². The van der Waals surface area contributed by atoms with Crippen LogP contribution in [0.2, 0.25) is 0 Å². The van der Waals surface area contributed by atoms with Gasteiger partial charge in [0.15, 0.2) is 27.6 Å². The number of carboxylic acids is 2. The van der Waals surface area contributed by atoms with Crippen LogP contribution in [0.1, 0.15) is 19.5 Å². The summed E-state index contributed by atoms with van der Waals surface area (Å²) in [7, 11) is 1.93. The average molecular weight is 729 g/mol. The van der Waals surface area contributed by atoms with E-state index in [1.807, 2.05) is 47.7 Å². The van der Waals surface area contributed by atoms with Crippen LogP contribution in [0.15, 0.2) is 67.9 Å². The van der Waals surface area contributed by atoms with Crippen molar-refractivity contribution in [3.63, 3.8) is 0 Å². The quantitative estimate of drug-likeness (QED) is 0.0752. The SMILES string of the molecule is C[n+]1cccc(-c2cn(-c3csc(SC4=C(C(=O)O)N5C(=O)[C@@H](NC(=O)/C(=N\OC(C)(C)C(=O)O)c6csc(N)n6)[C@H]5SC4)n3)cn2)c1. The summed E-state index contributed by atoms with van der Waals surface area (Å²) in [6.45, 7) is 2.49. The van der Waals surface area contributed by atoms with Gasteiger partial charge in [-0.1, -0.05) is 16.9 Å². The number of aryl methyl sites for hydroxylation is 1. The molecule has 2 aliphatic rings.